The minimum atomic E-state index is -0.944. The number of amides is 2. The molecule has 0 fully saturated rings. The second kappa shape index (κ2) is 8.25. The number of H-pyrrole nitrogens is 1. The highest BCUT2D eigenvalue weighted by molar-refractivity contribution is 5.98. The van der Waals surface area contributed by atoms with Gasteiger partial charge in [-0.3, -0.25) is 19.4 Å². The van der Waals surface area contributed by atoms with E-state index in [4.69, 9.17) is 11.5 Å². The van der Waals surface area contributed by atoms with E-state index in [9.17, 15) is 14.4 Å². The van der Waals surface area contributed by atoms with Crippen LogP contribution in [-0.4, -0.2) is 37.4 Å². The molecule has 7 N–H and O–H groups in total. The Morgan fingerprint density at radius 2 is 2.10 bits per heavy atom. The SMILES string of the molecule is CC[C@@H](Nc1nc(Nc2cccc(-n3ccnc3)c2)c(C(N)=O)c(=O)[nH]1)C(N)=O. The van der Waals surface area contributed by atoms with Crippen LogP contribution in [-0.2, 0) is 4.79 Å². The molecule has 2 aromatic heterocycles. The third-order valence-corrected chi connectivity index (χ3v) is 4.14. The molecule has 29 heavy (non-hydrogen) atoms. The highest BCUT2D eigenvalue weighted by Crippen LogP contribution is 2.20. The number of rotatable bonds is 8. The van der Waals surface area contributed by atoms with Gasteiger partial charge < -0.3 is 26.7 Å². The summed E-state index contributed by atoms with van der Waals surface area (Å²) in [4.78, 5) is 46.2. The predicted octanol–water partition coefficient (Wildman–Crippen LogP) is 0.474. The number of carbonyl (C=O) groups is 2. The van der Waals surface area contributed by atoms with Crippen LogP contribution in [0.25, 0.3) is 5.69 Å². The average molecular weight is 396 g/mol. The number of aromatic nitrogens is 4. The van der Waals surface area contributed by atoms with E-state index in [0.29, 0.717) is 12.1 Å². The first-order valence-corrected chi connectivity index (χ1v) is 8.74. The first-order valence-electron chi connectivity index (χ1n) is 8.74. The van der Waals surface area contributed by atoms with Crippen LogP contribution in [0.3, 0.4) is 0 Å². The first kappa shape index (κ1) is 19.6. The van der Waals surface area contributed by atoms with Crippen LogP contribution in [0.5, 0.6) is 0 Å². The van der Waals surface area contributed by atoms with Gasteiger partial charge in [0.2, 0.25) is 11.9 Å². The van der Waals surface area contributed by atoms with E-state index in [1.165, 1.54) is 0 Å². The number of aromatic amines is 1. The summed E-state index contributed by atoms with van der Waals surface area (Å²) in [5, 5.41) is 5.69. The van der Waals surface area contributed by atoms with E-state index >= 15 is 0 Å². The third kappa shape index (κ3) is 4.40. The number of nitrogens with two attached hydrogens (primary N) is 2. The normalized spacial score (nSPS) is 11.6. The van der Waals surface area contributed by atoms with E-state index < -0.39 is 23.4 Å². The van der Waals surface area contributed by atoms with Gasteiger partial charge in [0.1, 0.15) is 11.6 Å². The maximum Gasteiger partial charge on any atom is 0.267 e. The molecular formula is C18H20N8O3. The fourth-order valence-electron chi connectivity index (χ4n) is 2.69. The van der Waals surface area contributed by atoms with Gasteiger partial charge in [0.15, 0.2) is 5.82 Å². The molecule has 3 rings (SSSR count). The molecule has 2 amide bonds. The Balaban J connectivity index is 1.99. The standard InChI is InChI=1S/C18H20N8O3/c1-2-12(14(19)27)23-18-24-16(13(15(20)28)17(29)25-18)22-10-4-3-5-11(8-10)26-7-6-21-9-26/h3-9,12H,2H2,1H3,(H2,19,27)(H2,20,28)(H3,22,23,24,25,29)/t12-/m1/s1. The van der Waals surface area contributed by atoms with Crippen LogP contribution < -0.4 is 27.7 Å². The van der Waals surface area contributed by atoms with Gasteiger partial charge in [-0.1, -0.05) is 13.0 Å². The Hall–Kier alpha value is -4.15. The lowest BCUT2D eigenvalue weighted by Gasteiger charge is -2.16. The topological polar surface area (TPSA) is 174 Å². The van der Waals surface area contributed by atoms with Crippen LogP contribution in [0.15, 0.2) is 47.8 Å². The number of nitrogens with one attached hydrogen (secondary N) is 3. The van der Waals surface area contributed by atoms with Crippen molar-refractivity contribution in [2.45, 2.75) is 19.4 Å². The quantitative estimate of drug-likeness (QED) is 0.368. The summed E-state index contributed by atoms with van der Waals surface area (Å²) in [6, 6.07) is 6.42. The average Bonchev–Trinajstić information content (AvgIpc) is 3.20. The summed E-state index contributed by atoms with van der Waals surface area (Å²) in [7, 11) is 0. The van der Waals surface area contributed by atoms with Crippen LogP contribution >= 0.6 is 0 Å². The summed E-state index contributed by atoms with van der Waals surface area (Å²) in [5.41, 5.74) is 11.0. The van der Waals surface area contributed by atoms with Gasteiger partial charge in [-0.25, -0.2) is 4.98 Å². The minimum absolute atomic E-state index is 0.0149. The fourth-order valence-corrected chi connectivity index (χ4v) is 2.69. The summed E-state index contributed by atoms with van der Waals surface area (Å²) < 4.78 is 1.79. The monoisotopic (exact) mass is 396 g/mol. The van der Waals surface area contributed by atoms with Gasteiger partial charge in [-0.2, -0.15) is 4.98 Å². The first-order chi connectivity index (χ1) is 13.9. The number of primary amides is 2. The predicted molar refractivity (Wildman–Crippen MR) is 107 cm³/mol. The van der Waals surface area contributed by atoms with E-state index in [2.05, 4.69) is 25.6 Å². The van der Waals surface area contributed by atoms with Gasteiger partial charge in [-0.05, 0) is 24.6 Å². The molecule has 0 saturated heterocycles. The van der Waals surface area contributed by atoms with Crippen molar-refractivity contribution < 1.29 is 9.59 Å². The van der Waals surface area contributed by atoms with Crippen LogP contribution in [0, 0.1) is 0 Å². The Bertz CT molecular complexity index is 1090. The lowest BCUT2D eigenvalue weighted by atomic mass is 10.2. The number of imidazole rings is 1. The van der Waals surface area contributed by atoms with Gasteiger partial charge in [0, 0.05) is 23.8 Å². The van der Waals surface area contributed by atoms with Gasteiger partial charge in [0.05, 0.1) is 6.33 Å². The molecule has 0 radical (unpaired) electrons. The Morgan fingerprint density at radius 3 is 2.72 bits per heavy atom. The van der Waals surface area contributed by atoms with E-state index in [0.717, 1.165) is 5.69 Å². The lowest BCUT2D eigenvalue weighted by Crippen LogP contribution is -2.36. The van der Waals surface area contributed by atoms with Gasteiger partial charge in [0.25, 0.3) is 11.5 Å². The Kier molecular flexibility index (Phi) is 5.58. The third-order valence-electron chi connectivity index (χ3n) is 4.14. The largest absolute Gasteiger partial charge is 0.368 e. The molecule has 0 unspecified atom stereocenters. The number of anilines is 3. The zero-order valence-electron chi connectivity index (χ0n) is 15.5. The zero-order valence-corrected chi connectivity index (χ0v) is 15.5. The molecule has 1 atom stereocenters. The second-order valence-electron chi connectivity index (χ2n) is 6.16. The molecule has 2 heterocycles. The zero-order chi connectivity index (χ0) is 21.0. The molecule has 0 aliphatic carbocycles. The van der Waals surface area contributed by atoms with E-state index in [1.54, 1.807) is 48.4 Å². The highest BCUT2D eigenvalue weighted by Gasteiger charge is 2.20. The van der Waals surface area contributed by atoms with Crippen LogP contribution in [0.1, 0.15) is 23.7 Å². The molecule has 11 heteroatoms. The summed E-state index contributed by atoms with van der Waals surface area (Å²) >= 11 is 0. The van der Waals surface area contributed by atoms with Crippen molar-refractivity contribution in [3.05, 3.63) is 58.9 Å². The second-order valence-corrected chi connectivity index (χ2v) is 6.16. The molecule has 0 spiro atoms. The number of hydrogen-bond acceptors (Lipinski definition) is 7. The minimum Gasteiger partial charge on any atom is -0.368 e. The van der Waals surface area contributed by atoms with Crippen LogP contribution in [0.2, 0.25) is 0 Å². The Labute approximate surface area is 165 Å². The molecule has 11 nitrogen and oxygen atoms in total. The molecule has 0 saturated carbocycles. The van der Waals surface area contributed by atoms with Crippen molar-refractivity contribution in [2.75, 3.05) is 10.6 Å². The summed E-state index contributed by atoms with van der Waals surface area (Å²) in [6.07, 6.45) is 5.43. The smallest absolute Gasteiger partial charge is 0.267 e. The molecular weight excluding hydrogens is 376 g/mol. The van der Waals surface area contributed by atoms with Crippen molar-refractivity contribution in [2.24, 2.45) is 11.5 Å². The Morgan fingerprint density at radius 1 is 1.31 bits per heavy atom. The van der Waals surface area contributed by atoms with Gasteiger partial charge in [-0.15, -0.1) is 0 Å². The van der Waals surface area contributed by atoms with Crippen molar-refractivity contribution in [1.82, 2.24) is 19.5 Å². The van der Waals surface area contributed by atoms with Crippen LogP contribution in [0.4, 0.5) is 17.5 Å². The number of hydrogen-bond donors (Lipinski definition) is 5. The van der Waals surface area contributed by atoms with Crippen molar-refractivity contribution in [1.29, 1.82) is 0 Å². The maximum absolute atomic E-state index is 12.4. The highest BCUT2D eigenvalue weighted by atomic mass is 16.2. The van der Waals surface area contributed by atoms with Crippen molar-refractivity contribution in [3.63, 3.8) is 0 Å². The summed E-state index contributed by atoms with van der Waals surface area (Å²) in [6.45, 7) is 1.75. The molecule has 1 aromatic carbocycles. The molecule has 0 aliphatic heterocycles. The molecule has 0 aliphatic rings. The lowest BCUT2D eigenvalue weighted by molar-refractivity contribution is -0.118. The maximum atomic E-state index is 12.4. The number of nitrogens with zero attached hydrogens (tertiary/aromatic N) is 3. The van der Waals surface area contributed by atoms with E-state index in [1.807, 2.05) is 6.07 Å². The van der Waals surface area contributed by atoms with Crippen molar-refractivity contribution in [3.8, 4) is 5.69 Å². The number of carbonyl (C=O) groups excluding carboxylic acids is 2. The van der Waals surface area contributed by atoms with E-state index in [-0.39, 0.29) is 17.3 Å². The summed E-state index contributed by atoms with van der Waals surface area (Å²) in [5.74, 6) is -1.61. The number of benzene rings is 1. The molecule has 150 valence electrons. The molecule has 3 aromatic rings. The van der Waals surface area contributed by atoms with Crippen molar-refractivity contribution >= 4 is 29.3 Å². The van der Waals surface area contributed by atoms with Gasteiger partial charge >= 0.3 is 0 Å². The molecule has 0 bridgehead atoms. The fraction of sp³-hybridized carbons (Fsp3) is 0.167.